The molecule has 0 amide bonds. The molecule has 3 rings (SSSR count). The molecule has 0 aliphatic rings. The molecular formula is C18H17BrN4O. The molecule has 5 nitrogen and oxygen atoms in total. The van der Waals surface area contributed by atoms with Crippen LogP contribution in [0.2, 0.25) is 0 Å². The molecule has 2 aromatic carbocycles. The zero-order chi connectivity index (χ0) is 16.8. The van der Waals surface area contributed by atoms with Gasteiger partial charge in [0.15, 0.2) is 0 Å². The number of ether oxygens (including phenoxy) is 1. The van der Waals surface area contributed by atoms with Crippen molar-refractivity contribution in [1.29, 1.82) is 0 Å². The molecule has 0 radical (unpaired) electrons. The van der Waals surface area contributed by atoms with E-state index in [1.807, 2.05) is 54.6 Å². The second-order valence-electron chi connectivity index (χ2n) is 5.07. The predicted octanol–water partition coefficient (Wildman–Crippen LogP) is 4.60. The fourth-order valence-corrected chi connectivity index (χ4v) is 2.52. The molecule has 0 saturated heterocycles. The van der Waals surface area contributed by atoms with Crippen molar-refractivity contribution >= 4 is 33.4 Å². The maximum Gasteiger partial charge on any atom is 0.224 e. The van der Waals surface area contributed by atoms with Crippen LogP contribution in [-0.2, 0) is 6.54 Å². The fraction of sp³-hybridized carbons (Fsp3) is 0.111. The number of rotatable bonds is 6. The van der Waals surface area contributed by atoms with Crippen molar-refractivity contribution < 1.29 is 4.74 Å². The van der Waals surface area contributed by atoms with E-state index in [2.05, 4.69) is 36.5 Å². The Balaban J connectivity index is 1.65. The molecule has 1 aromatic heterocycles. The van der Waals surface area contributed by atoms with E-state index in [1.165, 1.54) is 0 Å². The number of benzene rings is 2. The van der Waals surface area contributed by atoms with E-state index in [0.717, 1.165) is 27.3 Å². The highest BCUT2D eigenvalue weighted by Gasteiger charge is 2.03. The van der Waals surface area contributed by atoms with Gasteiger partial charge in [0.2, 0.25) is 5.95 Å². The fourth-order valence-electron chi connectivity index (χ4n) is 2.14. The van der Waals surface area contributed by atoms with Crippen molar-refractivity contribution in [2.75, 3.05) is 17.7 Å². The van der Waals surface area contributed by atoms with Gasteiger partial charge >= 0.3 is 0 Å². The third kappa shape index (κ3) is 4.23. The lowest BCUT2D eigenvalue weighted by Crippen LogP contribution is -2.05. The van der Waals surface area contributed by atoms with Crippen LogP contribution in [0, 0.1) is 0 Å². The third-order valence-electron chi connectivity index (χ3n) is 3.40. The van der Waals surface area contributed by atoms with Crippen molar-refractivity contribution in [2.24, 2.45) is 0 Å². The molecule has 6 heteroatoms. The highest BCUT2D eigenvalue weighted by atomic mass is 79.9. The van der Waals surface area contributed by atoms with Crippen LogP contribution < -0.4 is 15.4 Å². The number of para-hydroxylation sites is 1. The minimum Gasteiger partial charge on any atom is -0.497 e. The average Bonchev–Trinajstić information content (AvgIpc) is 2.63. The number of nitrogens with zero attached hydrogens (tertiary/aromatic N) is 2. The van der Waals surface area contributed by atoms with E-state index in [-0.39, 0.29) is 0 Å². The molecule has 24 heavy (non-hydrogen) atoms. The first kappa shape index (κ1) is 16.3. The van der Waals surface area contributed by atoms with Gasteiger partial charge in [0, 0.05) is 17.2 Å². The Bertz CT molecular complexity index is 808. The summed E-state index contributed by atoms with van der Waals surface area (Å²) in [7, 11) is 1.66. The van der Waals surface area contributed by atoms with Crippen molar-refractivity contribution in [3.8, 4) is 5.75 Å². The van der Waals surface area contributed by atoms with Crippen molar-refractivity contribution in [3.05, 3.63) is 70.8 Å². The van der Waals surface area contributed by atoms with E-state index < -0.39 is 0 Å². The molecule has 0 atom stereocenters. The zero-order valence-electron chi connectivity index (χ0n) is 13.2. The number of aromatic nitrogens is 2. The largest absolute Gasteiger partial charge is 0.497 e. The summed E-state index contributed by atoms with van der Waals surface area (Å²) in [6, 6.07) is 17.6. The predicted molar refractivity (Wildman–Crippen MR) is 99.8 cm³/mol. The Kier molecular flexibility index (Phi) is 5.28. The molecule has 2 N–H and O–H groups in total. The second kappa shape index (κ2) is 7.79. The summed E-state index contributed by atoms with van der Waals surface area (Å²) in [4.78, 5) is 8.73. The van der Waals surface area contributed by atoms with E-state index in [1.54, 1.807) is 13.3 Å². The van der Waals surface area contributed by atoms with Crippen LogP contribution in [0.4, 0.5) is 17.5 Å². The molecular weight excluding hydrogens is 368 g/mol. The molecule has 0 aliphatic heterocycles. The Hall–Kier alpha value is -2.60. The first-order valence-corrected chi connectivity index (χ1v) is 8.25. The number of anilines is 3. The van der Waals surface area contributed by atoms with Crippen LogP contribution in [-0.4, -0.2) is 17.1 Å². The van der Waals surface area contributed by atoms with Gasteiger partial charge in [-0.3, -0.25) is 0 Å². The lowest BCUT2D eigenvalue weighted by atomic mass is 10.2. The minimum absolute atomic E-state index is 0.572. The lowest BCUT2D eigenvalue weighted by molar-refractivity contribution is 0.414. The average molecular weight is 385 g/mol. The van der Waals surface area contributed by atoms with Gasteiger partial charge in [-0.25, -0.2) is 4.98 Å². The summed E-state index contributed by atoms with van der Waals surface area (Å²) in [5, 5.41) is 6.50. The van der Waals surface area contributed by atoms with Gasteiger partial charge in [-0.1, -0.05) is 24.3 Å². The molecule has 0 fully saturated rings. The normalized spacial score (nSPS) is 10.2. The van der Waals surface area contributed by atoms with Crippen LogP contribution in [0.15, 0.2) is 65.3 Å². The van der Waals surface area contributed by atoms with Crippen molar-refractivity contribution in [3.63, 3.8) is 0 Å². The summed E-state index contributed by atoms with van der Waals surface area (Å²) in [5.41, 5.74) is 2.08. The van der Waals surface area contributed by atoms with Gasteiger partial charge in [0.1, 0.15) is 11.6 Å². The van der Waals surface area contributed by atoms with E-state index in [9.17, 15) is 0 Å². The zero-order valence-corrected chi connectivity index (χ0v) is 14.7. The maximum absolute atomic E-state index is 5.16. The Morgan fingerprint density at radius 2 is 1.83 bits per heavy atom. The van der Waals surface area contributed by atoms with Gasteiger partial charge in [-0.2, -0.15) is 4.98 Å². The van der Waals surface area contributed by atoms with Crippen LogP contribution in [0.5, 0.6) is 5.75 Å². The van der Waals surface area contributed by atoms with E-state index in [0.29, 0.717) is 12.5 Å². The lowest BCUT2D eigenvalue weighted by Gasteiger charge is -2.10. The molecule has 0 aliphatic carbocycles. The van der Waals surface area contributed by atoms with Gasteiger partial charge < -0.3 is 15.4 Å². The Labute approximate surface area is 149 Å². The standard InChI is InChI=1S/C18H17BrN4O/c1-24-14-8-6-13(7-9-14)12-21-18-20-11-10-17(23-18)22-16-5-3-2-4-15(16)19/h2-11H,12H2,1H3,(H2,20,21,22,23). The maximum atomic E-state index is 5.16. The van der Waals surface area contributed by atoms with Crippen LogP contribution in [0.1, 0.15) is 5.56 Å². The Morgan fingerprint density at radius 1 is 1.04 bits per heavy atom. The molecule has 0 bridgehead atoms. The highest BCUT2D eigenvalue weighted by molar-refractivity contribution is 9.10. The van der Waals surface area contributed by atoms with Crippen LogP contribution in [0.3, 0.4) is 0 Å². The number of hydrogen-bond acceptors (Lipinski definition) is 5. The van der Waals surface area contributed by atoms with Gasteiger partial charge in [0.05, 0.1) is 12.8 Å². The first-order valence-electron chi connectivity index (χ1n) is 7.46. The number of nitrogens with one attached hydrogen (secondary N) is 2. The van der Waals surface area contributed by atoms with E-state index >= 15 is 0 Å². The minimum atomic E-state index is 0.572. The molecule has 0 spiro atoms. The summed E-state index contributed by atoms with van der Waals surface area (Å²) in [5.74, 6) is 2.15. The summed E-state index contributed by atoms with van der Waals surface area (Å²) < 4.78 is 6.14. The van der Waals surface area contributed by atoms with Gasteiger partial charge in [-0.15, -0.1) is 0 Å². The van der Waals surface area contributed by atoms with Crippen molar-refractivity contribution in [2.45, 2.75) is 6.54 Å². The second-order valence-corrected chi connectivity index (χ2v) is 5.93. The topological polar surface area (TPSA) is 59.1 Å². The molecule has 3 aromatic rings. The van der Waals surface area contributed by atoms with Crippen LogP contribution in [0.25, 0.3) is 0 Å². The third-order valence-corrected chi connectivity index (χ3v) is 4.09. The van der Waals surface area contributed by atoms with E-state index in [4.69, 9.17) is 4.74 Å². The highest BCUT2D eigenvalue weighted by Crippen LogP contribution is 2.24. The summed E-state index contributed by atoms with van der Waals surface area (Å²) in [6.45, 7) is 0.641. The van der Waals surface area contributed by atoms with Gasteiger partial charge in [0.25, 0.3) is 0 Å². The summed E-state index contributed by atoms with van der Waals surface area (Å²) >= 11 is 3.51. The SMILES string of the molecule is COc1ccc(CNc2nccc(Nc3ccccc3Br)n2)cc1. The number of halogens is 1. The summed E-state index contributed by atoms with van der Waals surface area (Å²) in [6.07, 6.45) is 1.72. The molecule has 1 heterocycles. The van der Waals surface area contributed by atoms with Gasteiger partial charge in [-0.05, 0) is 51.8 Å². The molecule has 0 saturated carbocycles. The molecule has 122 valence electrons. The first-order chi connectivity index (χ1) is 11.7. The van der Waals surface area contributed by atoms with Crippen molar-refractivity contribution in [1.82, 2.24) is 9.97 Å². The number of methoxy groups -OCH3 is 1. The van der Waals surface area contributed by atoms with Crippen LogP contribution >= 0.6 is 15.9 Å². The molecule has 0 unspecified atom stereocenters. The Morgan fingerprint density at radius 3 is 2.58 bits per heavy atom. The number of hydrogen-bond donors (Lipinski definition) is 2. The smallest absolute Gasteiger partial charge is 0.224 e. The monoisotopic (exact) mass is 384 g/mol. The quantitative estimate of drug-likeness (QED) is 0.649.